The van der Waals surface area contributed by atoms with Crippen molar-refractivity contribution in [3.05, 3.63) is 53.0 Å². The first-order chi connectivity index (χ1) is 12.2. The van der Waals surface area contributed by atoms with Gasteiger partial charge >= 0.3 is 0 Å². The Bertz CT molecular complexity index is 809. The van der Waals surface area contributed by atoms with Crippen LogP contribution in [0.1, 0.15) is 13.8 Å². The molecule has 3 rings (SSSR count). The average molecular weight is 379 g/mol. The zero-order valence-electron chi connectivity index (χ0n) is 13.9. The van der Waals surface area contributed by atoms with Crippen molar-refractivity contribution in [2.75, 3.05) is 7.11 Å². The molecule has 0 aliphatic carbocycles. The van der Waals surface area contributed by atoms with Crippen LogP contribution >= 0.6 is 23.2 Å². The maximum atomic E-state index is 6.17. The molecule has 0 saturated carbocycles. The van der Waals surface area contributed by atoms with Crippen molar-refractivity contribution in [1.29, 1.82) is 0 Å². The zero-order chi connectivity index (χ0) is 18.2. The summed E-state index contributed by atoms with van der Waals surface area (Å²) in [4.78, 5) is 16.4. The van der Waals surface area contributed by atoms with Gasteiger partial charge in [-0.2, -0.15) is 0 Å². The fourth-order valence-electron chi connectivity index (χ4n) is 1.81. The van der Waals surface area contributed by atoms with Crippen LogP contribution in [-0.2, 0) is 0 Å². The monoisotopic (exact) mass is 378 g/mol. The van der Waals surface area contributed by atoms with Crippen LogP contribution in [0.3, 0.4) is 0 Å². The lowest BCUT2D eigenvalue weighted by Crippen LogP contribution is -1.99. The Balaban J connectivity index is 0.00000109. The van der Waals surface area contributed by atoms with Crippen molar-refractivity contribution in [2.24, 2.45) is 0 Å². The average Bonchev–Trinajstić information content (AvgIpc) is 2.67. The smallest absolute Gasteiger partial charge is 0.202 e. The zero-order valence-corrected chi connectivity index (χ0v) is 15.4. The number of hydrogen-bond donors (Lipinski definition) is 0. The van der Waals surface area contributed by atoms with Crippen molar-refractivity contribution < 1.29 is 9.47 Å². The molecule has 6 nitrogen and oxygen atoms in total. The number of aromatic nitrogens is 4. The van der Waals surface area contributed by atoms with Gasteiger partial charge in [0.25, 0.3) is 0 Å². The van der Waals surface area contributed by atoms with Crippen molar-refractivity contribution in [2.45, 2.75) is 13.8 Å². The highest BCUT2D eigenvalue weighted by atomic mass is 35.5. The molecule has 0 N–H and O–H groups in total. The molecular weight excluding hydrogens is 363 g/mol. The molecular formula is C17H16Cl2N4O2. The fourth-order valence-corrected chi connectivity index (χ4v) is 2.27. The highest BCUT2D eigenvalue weighted by molar-refractivity contribution is 6.35. The molecule has 2 aromatic heterocycles. The first kappa shape index (κ1) is 18.9. The third-order valence-corrected chi connectivity index (χ3v) is 3.34. The quantitative estimate of drug-likeness (QED) is 0.590. The van der Waals surface area contributed by atoms with Gasteiger partial charge in [0, 0.05) is 12.4 Å². The molecule has 0 atom stereocenters. The number of hydrogen-bond acceptors (Lipinski definition) is 6. The summed E-state index contributed by atoms with van der Waals surface area (Å²) in [5, 5.41) is 0.108. The summed E-state index contributed by atoms with van der Waals surface area (Å²) in [7, 11) is 1.54. The molecule has 0 unspecified atom stereocenters. The van der Waals surface area contributed by atoms with E-state index in [1.165, 1.54) is 7.11 Å². The lowest BCUT2D eigenvalue weighted by Gasteiger charge is -2.12. The van der Waals surface area contributed by atoms with E-state index in [9.17, 15) is 0 Å². The summed E-state index contributed by atoms with van der Waals surface area (Å²) < 4.78 is 10.9. The topological polar surface area (TPSA) is 70.0 Å². The number of para-hydroxylation sites is 2. The van der Waals surface area contributed by atoms with Crippen molar-refractivity contribution >= 4 is 23.2 Å². The van der Waals surface area contributed by atoms with Crippen LogP contribution in [0.4, 0.5) is 0 Å². The Kier molecular flexibility index (Phi) is 6.91. The third-order valence-electron chi connectivity index (χ3n) is 2.83. The molecule has 0 aliphatic heterocycles. The van der Waals surface area contributed by atoms with Gasteiger partial charge in [-0.15, -0.1) is 0 Å². The van der Waals surface area contributed by atoms with E-state index in [-0.39, 0.29) is 21.9 Å². The molecule has 2 heterocycles. The van der Waals surface area contributed by atoms with Gasteiger partial charge in [-0.25, -0.2) is 19.9 Å². The summed E-state index contributed by atoms with van der Waals surface area (Å²) in [5.41, 5.74) is 0. The van der Waals surface area contributed by atoms with Crippen LogP contribution in [0.25, 0.3) is 11.6 Å². The summed E-state index contributed by atoms with van der Waals surface area (Å²) in [6, 6.07) is 8.78. The first-order valence-corrected chi connectivity index (χ1v) is 8.26. The first-order valence-electron chi connectivity index (χ1n) is 7.50. The van der Waals surface area contributed by atoms with E-state index < -0.39 is 0 Å². The normalized spacial score (nSPS) is 9.80. The maximum Gasteiger partial charge on any atom is 0.202 e. The molecule has 0 bridgehead atoms. The summed E-state index contributed by atoms with van der Waals surface area (Å²) in [5.74, 6) is 1.66. The van der Waals surface area contributed by atoms with E-state index >= 15 is 0 Å². The standard InChI is InChI=1S/C15H10Cl2N4O2.C2H6/c1-22-9-5-2-3-6-10(9)23-11-12(16)20-15(21-13(11)17)14-18-7-4-8-19-14;1-2/h2-8H,1H3;1-2H3. The Hall–Kier alpha value is -2.44. The van der Waals surface area contributed by atoms with Crippen molar-refractivity contribution in [3.8, 4) is 28.9 Å². The fraction of sp³-hybridized carbons (Fsp3) is 0.176. The van der Waals surface area contributed by atoms with Gasteiger partial charge in [0.05, 0.1) is 7.11 Å². The van der Waals surface area contributed by atoms with Gasteiger partial charge < -0.3 is 9.47 Å². The predicted octanol–water partition coefficient (Wildman–Crippen LogP) is 5.07. The lowest BCUT2D eigenvalue weighted by molar-refractivity contribution is 0.378. The third kappa shape index (κ3) is 4.55. The Morgan fingerprint density at radius 3 is 1.92 bits per heavy atom. The van der Waals surface area contributed by atoms with Gasteiger partial charge in [0.1, 0.15) is 0 Å². The summed E-state index contributed by atoms with van der Waals surface area (Å²) in [6.07, 6.45) is 3.15. The van der Waals surface area contributed by atoms with Gasteiger partial charge in [0.2, 0.25) is 11.6 Å². The van der Waals surface area contributed by atoms with Gasteiger partial charge in [0.15, 0.2) is 27.6 Å². The molecule has 0 amide bonds. The second-order valence-electron chi connectivity index (χ2n) is 4.28. The Morgan fingerprint density at radius 2 is 1.36 bits per heavy atom. The molecule has 3 aromatic rings. The van der Waals surface area contributed by atoms with E-state index in [1.807, 2.05) is 19.9 Å². The number of benzene rings is 1. The van der Waals surface area contributed by atoms with E-state index in [0.717, 1.165) is 0 Å². The van der Waals surface area contributed by atoms with Gasteiger partial charge in [-0.3, -0.25) is 0 Å². The highest BCUT2D eigenvalue weighted by Crippen LogP contribution is 2.38. The second-order valence-corrected chi connectivity index (χ2v) is 5.00. The number of rotatable bonds is 4. The van der Waals surface area contributed by atoms with E-state index in [4.69, 9.17) is 32.7 Å². The molecule has 0 spiro atoms. The number of halogens is 2. The van der Waals surface area contributed by atoms with E-state index in [0.29, 0.717) is 17.3 Å². The van der Waals surface area contributed by atoms with Crippen LogP contribution in [0.5, 0.6) is 17.2 Å². The van der Waals surface area contributed by atoms with E-state index in [2.05, 4.69) is 19.9 Å². The number of nitrogens with zero attached hydrogens (tertiary/aromatic N) is 4. The molecule has 0 saturated heterocycles. The lowest BCUT2D eigenvalue weighted by atomic mass is 10.3. The summed E-state index contributed by atoms with van der Waals surface area (Å²) >= 11 is 12.3. The Morgan fingerprint density at radius 1 is 0.800 bits per heavy atom. The predicted molar refractivity (Wildman–Crippen MR) is 97.5 cm³/mol. The van der Waals surface area contributed by atoms with Crippen LogP contribution in [-0.4, -0.2) is 27.0 Å². The van der Waals surface area contributed by atoms with E-state index in [1.54, 1.807) is 36.7 Å². The molecule has 25 heavy (non-hydrogen) atoms. The molecule has 130 valence electrons. The SMILES string of the molecule is CC.COc1ccccc1Oc1c(Cl)nc(-c2ncccn2)nc1Cl. The van der Waals surface area contributed by atoms with Crippen molar-refractivity contribution in [3.63, 3.8) is 0 Å². The molecule has 0 radical (unpaired) electrons. The number of methoxy groups -OCH3 is 1. The largest absolute Gasteiger partial charge is 0.493 e. The minimum Gasteiger partial charge on any atom is -0.493 e. The van der Waals surface area contributed by atoms with Crippen LogP contribution in [0.15, 0.2) is 42.7 Å². The van der Waals surface area contributed by atoms with Crippen LogP contribution in [0, 0.1) is 0 Å². The highest BCUT2D eigenvalue weighted by Gasteiger charge is 2.17. The molecule has 8 heteroatoms. The minimum atomic E-state index is 0.0540. The van der Waals surface area contributed by atoms with Crippen molar-refractivity contribution in [1.82, 2.24) is 19.9 Å². The van der Waals surface area contributed by atoms with Crippen LogP contribution in [0.2, 0.25) is 10.3 Å². The molecule has 0 aliphatic rings. The van der Waals surface area contributed by atoms with Crippen LogP contribution < -0.4 is 9.47 Å². The molecule has 0 fully saturated rings. The molecule has 1 aromatic carbocycles. The van der Waals surface area contributed by atoms with Gasteiger partial charge in [-0.05, 0) is 18.2 Å². The maximum absolute atomic E-state index is 6.17. The second kappa shape index (κ2) is 9.15. The minimum absolute atomic E-state index is 0.0540. The summed E-state index contributed by atoms with van der Waals surface area (Å²) in [6.45, 7) is 4.00. The van der Waals surface area contributed by atoms with Gasteiger partial charge in [-0.1, -0.05) is 49.2 Å². The number of ether oxygens (including phenoxy) is 2. The Labute approximate surface area is 155 Å².